The fraction of sp³-hybridized carbons (Fsp3) is 0. The summed E-state index contributed by atoms with van der Waals surface area (Å²) in [6.45, 7) is 4.67. The number of hydrogen-bond acceptors (Lipinski definition) is 5. The van der Waals surface area contributed by atoms with Crippen molar-refractivity contribution in [2.24, 2.45) is 0 Å². The zero-order chi connectivity index (χ0) is 41.9. The molecule has 4 heterocycles. The molecule has 296 valence electrons. The van der Waals surface area contributed by atoms with Crippen molar-refractivity contribution in [3.05, 3.63) is 224 Å². The van der Waals surface area contributed by atoms with Crippen LogP contribution in [0.3, 0.4) is 0 Å². The van der Waals surface area contributed by atoms with Gasteiger partial charge in [-0.3, -0.25) is 0 Å². The maximum absolute atomic E-state index is 7.01. The summed E-state index contributed by atoms with van der Waals surface area (Å²) >= 11 is 0. The minimum Gasteiger partial charge on any atom is -0.452 e. The Bertz CT molecular complexity index is 3730. The number of aromatic nitrogens is 4. The van der Waals surface area contributed by atoms with E-state index in [1.54, 1.807) is 0 Å². The quantitative estimate of drug-likeness (QED) is 0.143. The number of nitrogens with zero attached hydrogens (tertiary/aromatic N) is 4. The fourth-order valence-electron chi connectivity index (χ4n) is 8.87. The minimum absolute atomic E-state index is 0.485. The summed E-state index contributed by atoms with van der Waals surface area (Å²) in [5.41, 5.74) is 11.5. The van der Waals surface area contributed by atoms with E-state index in [0.717, 1.165) is 99.2 Å². The molecule has 0 aliphatic rings. The van der Waals surface area contributed by atoms with Gasteiger partial charge < -0.3 is 13.4 Å². The molecule has 0 bridgehead atoms. The number of rotatable bonds is 8. The van der Waals surface area contributed by atoms with Crippen LogP contribution in [0.5, 0.6) is 0 Å². The van der Waals surface area contributed by atoms with E-state index in [9.17, 15) is 0 Å². The van der Waals surface area contributed by atoms with Gasteiger partial charge in [-0.25, -0.2) is 15.0 Å². The van der Waals surface area contributed by atoms with Crippen LogP contribution in [0.2, 0.25) is 0 Å². The highest BCUT2D eigenvalue weighted by Crippen LogP contribution is 2.45. The first-order valence-corrected chi connectivity index (χ1v) is 21.0. The summed E-state index contributed by atoms with van der Waals surface area (Å²) in [6, 6.07) is 66.3. The average molecular weight is 809 g/mol. The van der Waals surface area contributed by atoms with Gasteiger partial charge in [-0.05, 0) is 59.7 Å². The van der Waals surface area contributed by atoms with Gasteiger partial charge in [0.25, 0.3) is 0 Å². The van der Waals surface area contributed by atoms with Gasteiger partial charge in [0.05, 0.1) is 22.1 Å². The first kappa shape index (κ1) is 36.3. The molecule has 4 aromatic heterocycles. The van der Waals surface area contributed by atoms with Crippen LogP contribution in [0.1, 0.15) is 17.0 Å². The average Bonchev–Trinajstić information content (AvgIpc) is 4.03. The van der Waals surface area contributed by atoms with E-state index in [1.807, 2.05) is 91.0 Å². The molecule has 6 heteroatoms. The van der Waals surface area contributed by atoms with E-state index < -0.39 is 0 Å². The highest BCUT2D eigenvalue weighted by atomic mass is 16.4. The lowest BCUT2D eigenvalue weighted by molar-refractivity contribution is 0.635. The van der Waals surface area contributed by atoms with Gasteiger partial charge >= 0.3 is 0 Å². The van der Waals surface area contributed by atoms with Gasteiger partial charge in [-0.2, -0.15) is 0 Å². The number of furan rings is 2. The molecule has 12 rings (SSSR count). The maximum Gasteiger partial charge on any atom is 0.178 e. The molecule has 0 saturated carbocycles. The predicted molar refractivity (Wildman–Crippen MR) is 259 cm³/mol. The Hall–Kier alpha value is -8.61. The molecule has 0 fully saturated rings. The lowest BCUT2D eigenvalue weighted by Crippen LogP contribution is -2.04. The van der Waals surface area contributed by atoms with Crippen LogP contribution in [0.15, 0.2) is 216 Å². The highest BCUT2D eigenvalue weighted by molar-refractivity contribution is 6.28. The van der Waals surface area contributed by atoms with Crippen LogP contribution in [-0.2, 0) is 0 Å². The van der Waals surface area contributed by atoms with Crippen molar-refractivity contribution >= 4 is 88.6 Å². The summed E-state index contributed by atoms with van der Waals surface area (Å²) in [5.74, 6) is 1.64. The van der Waals surface area contributed by atoms with Gasteiger partial charge in [0.2, 0.25) is 0 Å². The molecule has 8 aromatic carbocycles. The summed E-state index contributed by atoms with van der Waals surface area (Å²) in [6.07, 6.45) is 4.36. The normalized spacial score (nSPS) is 12.4. The molecule has 0 radical (unpaired) electrons. The summed E-state index contributed by atoms with van der Waals surface area (Å²) in [4.78, 5) is 15.1. The zero-order valence-electron chi connectivity index (χ0n) is 33.9. The van der Waals surface area contributed by atoms with Crippen LogP contribution in [0, 0.1) is 0 Å². The van der Waals surface area contributed by atoms with Crippen LogP contribution < -0.4 is 0 Å². The van der Waals surface area contributed by atoms with Crippen LogP contribution in [-0.4, -0.2) is 19.5 Å². The molecule has 0 saturated heterocycles. The van der Waals surface area contributed by atoms with E-state index in [1.165, 1.54) is 0 Å². The number of allylic oxidation sites excluding steroid dienone is 4. The Morgan fingerprint density at radius 2 is 1.00 bits per heavy atom. The third-order valence-electron chi connectivity index (χ3n) is 11.8. The van der Waals surface area contributed by atoms with Crippen LogP contribution >= 0.6 is 0 Å². The van der Waals surface area contributed by atoms with Crippen molar-refractivity contribution < 1.29 is 8.83 Å². The van der Waals surface area contributed by atoms with E-state index in [0.29, 0.717) is 23.0 Å². The number of fused-ring (bicyclic) bond motifs is 11. The standard InChI is InChI=1S/C57H36N4O2/c1-36(55-58-56(39-22-10-4-11-23-39)60-57(59-55)40-24-12-5-13-25-40)34-46(38-20-8-3-9-21-38)49(35-37-18-6-2-7-19-37)61-47-28-16-14-27-45(47)51-48(61)33-32-43-44-31-30-42-41-26-15-17-29-50(41)62-53(42)54(44)63-52(43)51/h2-35H,1H2/b46-34-,49-35-. The molecule has 0 unspecified atom stereocenters. The SMILES string of the molecule is C=C(/C=C(\C(=C\c1ccccc1)n1c2ccccc2c2c3oc4c(ccc5c6ccccc6oc54)c3ccc21)c1ccccc1)c1nc(-c2ccccc2)nc(-c2ccccc2)n1. The van der Waals surface area contributed by atoms with Crippen molar-refractivity contribution in [1.29, 1.82) is 0 Å². The molecule has 0 amide bonds. The van der Waals surface area contributed by atoms with Gasteiger partial charge in [-0.15, -0.1) is 0 Å². The number of hydrogen-bond donors (Lipinski definition) is 0. The zero-order valence-corrected chi connectivity index (χ0v) is 33.9. The third kappa shape index (κ3) is 6.15. The maximum atomic E-state index is 7.01. The van der Waals surface area contributed by atoms with Crippen molar-refractivity contribution in [2.45, 2.75) is 0 Å². The molecular formula is C57H36N4O2. The van der Waals surface area contributed by atoms with Crippen LogP contribution in [0.4, 0.5) is 0 Å². The van der Waals surface area contributed by atoms with Crippen molar-refractivity contribution in [1.82, 2.24) is 19.5 Å². The molecule has 0 aliphatic heterocycles. The third-order valence-corrected chi connectivity index (χ3v) is 11.8. The van der Waals surface area contributed by atoms with Gasteiger partial charge in [0.1, 0.15) is 11.2 Å². The Balaban J connectivity index is 1.12. The fourth-order valence-corrected chi connectivity index (χ4v) is 8.87. The minimum atomic E-state index is 0.485. The monoisotopic (exact) mass is 808 g/mol. The first-order valence-electron chi connectivity index (χ1n) is 21.0. The second kappa shape index (κ2) is 14.8. The summed E-state index contributed by atoms with van der Waals surface area (Å²) < 4.78 is 15.9. The molecule has 0 aliphatic carbocycles. The molecule has 6 nitrogen and oxygen atoms in total. The van der Waals surface area contributed by atoms with E-state index in [2.05, 4.69) is 126 Å². The lowest BCUT2D eigenvalue weighted by Gasteiger charge is -2.18. The summed E-state index contributed by atoms with van der Waals surface area (Å²) in [5, 5.41) is 6.23. The second-order valence-corrected chi connectivity index (χ2v) is 15.6. The van der Waals surface area contributed by atoms with E-state index >= 15 is 0 Å². The second-order valence-electron chi connectivity index (χ2n) is 15.6. The molecule has 63 heavy (non-hydrogen) atoms. The lowest BCUT2D eigenvalue weighted by atomic mass is 9.97. The van der Waals surface area contributed by atoms with Crippen LogP contribution in [0.25, 0.3) is 111 Å². The Morgan fingerprint density at radius 3 is 1.70 bits per heavy atom. The molecular weight excluding hydrogens is 773 g/mol. The molecule has 0 spiro atoms. The van der Waals surface area contributed by atoms with Gasteiger partial charge in [0, 0.05) is 49.2 Å². The molecule has 12 aromatic rings. The molecule has 0 N–H and O–H groups in total. The summed E-state index contributed by atoms with van der Waals surface area (Å²) in [7, 11) is 0. The molecule has 0 atom stereocenters. The predicted octanol–water partition coefficient (Wildman–Crippen LogP) is 14.9. The Morgan fingerprint density at radius 1 is 0.460 bits per heavy atom. The first-order chi connectivity index (χ1) is 31.2. The topological polar surface area (TPSA) is 69.9 Å². The number of para-hydroxylation sites is 2. The van der Waals surface area contributed by atoms with Gasteiger partial charge in [0.15, 0.2) is 28.6 Å². The van der Waals surface area contributed by atoms with Gasteiger partial charge in [-0.1, -0.05) is 164 Å². The highest BCUT2D eigenvalue weighted by Gasteiger charge is 2.24. The van der Waals surface area contributed by atoms with E-state index in [-0.39, 0.29) is 0 Å². The van der Waals surface area contributed by atoms with E-state index in [4.69, 9.17) is 23.8 Å². The smallest absolute Gasteiger partial charge is 0.178 e. The van der Waals surface area contributed by atoms with Crippen molar-refractivity contribution in [2.75, 3.05) is 0 Å². The Labute approximate surface area is 362 Å². The van der Waals surface area contributed by atoms with Crippen molar-refractivity contribution in [3.8, 4) is 22.8 Å². The number of benzene rings is 8. The van der Waals surface area contributed by atoms with Crippen molar-refractivity contribution in [3.63, 3.8) is 0 Å². The largest absolute Gasteiger partial charge is 0.452 e. The Kier molecular flexibility index (Phi) is 8.54.